The van der Waals surface area contributed by atoms with Crippen molar-refractivity contribution in [2.24, 2.45) is 5.73 Å². The van der Waals surface area contributed by atoms with E-state index < -0.39 is 0 Å². The summed E-state index contributed by atoms with van der Waals surface area (Å²) in [5.74, 6) is 0. The first-order valence-electron chi connectivity index (χ1n) is 7.25. The van der Waals surface area contributed by atoms with E-state index in [-0.39, 0.29) is 0 Å². The predicted octanol–water partition coefficient (Wildman–Crippen LogP) is 3.32. The van der Waals surface area contributed by atoms with Crippen molar-refractivity contribution in [3.8, 4) is 0 Å². The average molecular weight is 267 g/mol. The average Bonchev–Trinajstić information content (AvgIpc) is 3.01. The number of nitrogens with two attached hydrogens (primary N) is 1. The zero-order chi connectivity index (χ0) is 13.0. The number of hydrogen-bond donors (Lipinski definition) is 1. The lowest BCUT2D eigenvalue weighted by Gasteiger charge is -2.26. The van der Waals surface area contributed by atoms with Crippen LogP contribution in [0.15, 0.2) is 0 Å². The van der Waals surface area contributed by atoms with E-state index in [0.29, 0.717) is 12.6 Å². The molecule has 4 heteroatoms. The second-order valence-corrected chi connectivity index (χ2v) is 6.11. The van der Waals surface area contributed by atoms with Crippen molar-refractivity contribution in [1.29, 1.82) is 0 Å². The first-order chi connectivity index (χ1) is 8.80. The zero-order valence-electron chi connectivity index (χ0n) is 11.6. The summed E-state index contributed by atoms with van der Waals surface area (Å²) in [6, 6.07) is 0.709. The van der Waals surface area contributed by atoms with Crippen LogP contribution in [0.1, 0.15) is 56.5 Å². The van der Waals surface area contributed by atoms with Crippen molar-refractivity contribution < 1.29 is 0 Å². The van der Waals surface area contributed by atoms with Gasteiger partial charge in [-0.2, -0.15) is 0 Å². The maximum atomic E-state index is 5.84. The molecule has 0 aliphatic heterocycles. The van der Waals surface area contributed by atoms with E-state index >= 15 is 0 Å². The molecule has 1 aliphatic rings. The lowest BCUT2D eigenvalue weighted by molar-refractivity contribution is 0.617. The molecule has 1 aromatic heterocycles. The molecular weight excluding hydrogens is 242 g/mol. The molecule has 0 unspecified atom stereocenters. The van der Waals surface area contributed by atoms with Crippen LogP contribution in [0.25, 0.3) is 0 Å². The summed E-state index contributed by atoms with van der Waals surface area (Å²) in [6.07, 6.45) is 7.61. The van der Waals surface area contributed by atoms with E-state index in [1.807, 2.05) is 11.3 Å². The highest BCUT2D eigenvalue weighted by Crippen LogP contribution is 2.32. The van der Waals surface area contributed by atoms with Gasteiger partial charge in [0.1, 0.15) is 0 Å². The van der Waals surface area contributed by atoms with Crippen molar-refractivity contribution in [3.05, 3.63) is 10.6 Å². The Hall–Kier alpha value is -0.610. The highest BCUT2D eigenvalue weighted by atomic mass is 32.1. The van der Waals surface area contributed by atoms with Crippen molar-refractivity contribution in [2.75, 3.05) is 11.4 Å². The molecule has 1 saturated carbocycles. The van der Waals surface area contributed by atoms with Crippen LogP contribution in [-0.4, -0.2) is 17.6 Å². The van der Waals surface area contributed by atoms with Gasteiger partial charge in [-0.15, -0.1) is 11.3 Å². The molecule has 0 bridgehead atoms. The van der Waals surface area contributed by atoms with Gasteiger partial charge < -0.3 is 10.6 Å². The first kappa shape index (κ1) is 13.8. The van der Waals surface area contributed by atoms with Gasteiger partial charge in [0.05, 0.1) is 5.69 Å². The number of anilines is 1. The molecule has 0 amide bonds. The molecule has 2 rings (SSSR count). The van der Waals surface area contributed by atoms with Gasteiger partial charge in [-0.25, -0.2) is 4.98 Å². The molecule has 0 radical (unpaired) electrons. The van der Waals surface area contributed by atoms with Crippen molar-refractivity contribution >= 4 is 16.5 Å². The van der Waals surface area contributed by atoms with Crippen molar-refractivity contribution in [3.63, 3.8) is 0 Å². The second kappa shape index (κ2) is 6.53. The minimum absolute atomic E-state index is 0.634. The van der Waals surface area contributed by atoms with E-state index in [0.717, 1.165) is 19.4 Å². The molecule has 1 fully saturated rings. The van der Waals surface area contributed by atoms with E-state index in [2.05, 4.69) is 18.7 Å². The lowest BCUT2D eigenvalue weighted by atomic mass is 10.2. The van der Waals surface area contributed by atoms with Gasteiger partial charge in [0.2, 0.25) is 0 Å². The normalized spacial score (nSPS) is 16.4. The van der Waals surface area contributed by atoms with E-state index in [4.69, 9.17) is 10.7 Å². The van der Waals surface area contributed by atoms with Gasteiger partial charge in [0, 0.05) is 24.0 Å². The van der Waals surface area contributed by atoms with Gasteiger partial charge in [0.15, 0.2) is 5.13 Å². The summed E-state index contributed by atoms with van der Waals surface area (Å²) >= 11 is 1.81. The Bertz CT molecular complexity index is 369. The predicted molar refractivity (Wildman–Crippen MR) is 79.3 cm³/mol. The van der Waals surface area contributed by atoms with Gasteiger partial charge >= 0.3 is 0 Å². The third-order valence-electron chi connectivity index (χ3n) is 3.79. The van der Waals surface area contributed by atoms with Crippen LogP contribution in [0.4, 0.5) is 5.13 Å². The SMILES string of the molecule is CCCc1nc(N(CC)C2CCCC2)sc1CN. The highest BCUT2D eigenvalue weighted by molar-refractivity contribution is 7.15. The van der Waals surface area contributed by atoms with Gasteiger partial charge in [-0.1, -0.05) is 26.2 Å². The van der Waals surface area contributed by atoms with Crippen LogP contribution in [0.2, 0.25) is 0 Å². The molecule has 18 heavy (non-hydrogen) atoms. The van der Waals surface area contributed by atoms with Crippen LogP contribution in [-0.2, 0) is 13.0 Å². The van der Waals surface area contributed by atoms with Crippen molar-refractivity contribution in [1.82, 2.24) is 4.98 Å². The minimum atomic E-state index is 0.634. The molecule has 3 nitrogen and oxygen atoms in total. The molecular formula is C14H25N3S. The fourth-order valence-corrected chi connectivity index (χ4v) is 3.97. The molecule has 1 aromatic rings. The quantitative estimate of drug-likeness (QED) is 0.859. The molecule has 0 atom stereocenters. The molecule has 1 heterocycles. The number of aryl methyl sites for hydroxylation is 1. The molecule has 1 aliphatic carbocycles. The lowest BCUT2D eigenvalue weighted by Crippen LogP contribution is -2.32. The van der Waals surface area contributed by atoms with Crippen molar-refractivity contribution in [2.45, 2.75) is 65.0 Å². The molecule has 0 aromatic carbocycles. The van der Waals surface area contributed by atoms with E-state index in [1.165, 1.54) is 41.4 Å². The van der Waals surface area contributed by atoms with Gasteiger partial charge in [0.25, 0.3) is 0 Å². The standard InChI is InChI=1S/C14H25N3S/c1-3-7-12-13(10-15)18-14(16-12)17(4-2)11-8-5-6-9-11/h11H,3-10,15H2,1-2H3. The van der Waals surface area contributed by atoms with E-state index in [9.17, 15) is 0 Å². The third-order valence-corrected chi connectivity index (χ3v) is 4.95. The maximum Gasteiger partial charge on any atom is 0.186 e. The first-order valence-corrected chi connectivity index (χ1v) is 8.07. The Labute approximate surface area is 114 Å². The van der Waals surface area contributed by atoms with Crippen LogP contribution >= 0.6 is 11.3 Å². The summed E-state index contributed by atoms with van der Waals surface area (Å²) in [5.41, 5.74) is 7.07. The van der Waals surface area contributed by atoms with Crippen LogP contribution in [0.5, 0.6) is 0 Å². The zero-order valence-corrected chi connectivity index (χ0v) is 12.4. The fourth-order valence-electron chi connectivity index (χ4n) is 2.85. The minimum Gasteiger partial charge on any atom is -0.345 e. The topological polar surface area (TPSA) is 42.2 Å². The number of nitrogens with zero attached hydrogens (tertiary/aromatic N) is 2. The summed E-state index contributed by atoms with van der Waals surface area (Å²) in [7, 11) is 0. The largest absolute Gasteiger partial charge is 0.345 e. The molecule has 0 saturated heterocycles. The summed E-state index contributed by atoms with van der Waals surface area (Å²) in [5, 5.41) is 1.20. The van der Waals surface area contributed by atoms with Crippen LogP contribution < -0.4 is 10.6 Å². The Balaban J connectivity index is 2.19. The number of hydrogen-bond acceptors (Lipinski definition) is 4. The van der Waals surface area contributed by atoms with Crippen LogP contribution in [0.3, 0.4) is 0 Å². The maximum absolute atomic E-state index is 5.84. The number of aromatic nitrogens is 1. The smallest absolute Gasteiger partial charge is 0.186 e. The Morgan fingerprint density at radius 1 is 1.33 bits per heavy atom. The summed E-state index contributed by atoms with van der Waals surface area (Å²) < 4.78 is 0. The molecule has 0 spiro atoms. The second-order valence-electron chi connectivity index (χ2n) is 5.04. The monoisotopic (exact) mass is 267 g/mol. The summed E-state index contributed by atoms with van der Waals surface area (Å²) in [4.78, 5) is 8.63. The molecule has 102 valence electrons. The Morgan fingerprint density at radius 2 is 2.06 bits per heavy atom. The number of thiazole rings is 1. The van der Waals surface area contributed by atoms with Gasteiger partial charge in [-0.3, -0.25) is 0 Å². The van der Waals surface area contributed by atoms with Crippen LogP contribution in [0, 0.1) is 0 Å². The van der Waals surface area contributed by atoms with Gasteiger partial charge in [-0.05, 0) is 26.2 Å². The highest BCUT2D eigenvalue weighted by Gasteiger charge is 2.24. The Kier molecular flexibility index (Phi) is 5.01. The molecule has 2 N–H and O–H groups in total. The van der Waals surface area contributed by atoms with E-state index in [1.54, 1.807) is 0 Å². The Morgan fingerprint density at radius 3 is 2.61 bits per heavy atom. The fraction of sp³-hybridized carbons (Fsp3) is 0.786. The summed E-state index contributed by atoms with van der Waals surface area (Å²) in [6.45, 7) is 6.14. The number of rotatable bonds is 6. The third kappa shape index (κ3) is 2.86.